The molecule has 17 heavy (non-hydrogen) atoms. The molecule has 4 nitrogen and oxygen atoms in total. The number of esters is 1. The maximum Gasteiger partial charge on any atom is 0.328 e. The molecule has 0 fully saturated rings. The zero-order valence-corrected chi connectivity index (χ0v) is 10.3. The van der Waals surface area contributed by atoms with E-state index < -0.39 is 0 Å². The second-order valence-electron chi connectivity index (χ2n) is 3.80. The normalized spacial score (nSPS) is 11.9. The Bertz CT molecular complexity index is 348. The van der Waals surface area contributed by atoms with Crippen molar-refractivity contribution in [1.82, 2.24) is 0 Å². The Labute approximate surface area is 102 Å². The van der Waals surface area contributed by atoms with Crippen LogP contribution in [0.25, 0.3) is 0 Å². The van der Waals surface area contributed by atoms with Crippen LogP contribution in [0, 0.1) is 0 Å². The smallest absolute Gasteiger partial charge is 0.328 e. The van der Waals surface area contributed by atoms with Gasteiger partial charge >= 0.3 is 5.97 Å². The van der Waals surface area contributed by atoms with Gasteiger partial charge in [0.05, 0.1) is 7.11 Å². The molecule has 0 aliphatic rings. The molecule has 0 radical (unpaired) electrons. The number of carbonyl (C=O) groups excluding carboxylic acids is 1. The number of hydrogen-bond acceptors (Lipinski definition) is 4. The van der Waals surface area contributed by atoms with Crippen LogP contribution in [0.2, 0.25) is 0 Å². The third-order valence-electron chi connectivity index (χ3n) is 2.59. The highest BCUT2D eigenvalue weighted by atomic mass is 16.5. The number of ether oxygens (including phenoxy) is 1. The van der Waals surface area contributed by atoms with E-state index in [1.807, 2.05) is 31.2 Å². The molecule has 1 unspecified atom stereocenters. The van der Waals surface area contributed by atoms with Gasteiger partial charge in [-0.25, -0.2) is 4.79 Å². The summed E-state index contributed by atoms with van der Waals surface area (Å²) in [7, 11) is 1.39. The fourth-order valence-electron chi connectivity index (χ4n) is 1.57. The van der Waals surface area contributed by atoms with Gasteiger partial charge in [-0.3, -0.25) is 0 Å². The van der Waals surface area contributed by atoms with Crippen molar-refractivity contribution >= 4 is 11.7 Å². The molecule has 94 valence electrons. The third kappa shape index (κ3) is 4.07. The van der Waals surface area contributed by atoms with Gasteiger partial charge in [0.15, 0.2) is 0 Å². The average Bonchev–Trinajstić information content (AvgIpc) is 2.37. The van der Waals surface area contributed by atoms with E-state index >= 15 is 0 Å². The number of nitrogens with one attached hydrogen (secondary N) is 1. The van der Waals surface area contributed by atoms with Crippen LogP contribution >= 0.6 is 0 Å². The molecule has 0 heterocycles. The van der Waals surface area contributed by atoms with E-state index in [9.17, 15) is 4.79 Å². The minimum atomic E-state index is -0.316. The highest BCUT2D eigenvalue weighted by Crippen LogP contribution is 2.12. The van der Waals surface area contributed by atoms with Crippen molar-refractivity contribution in [3.63, 3.8) is 0 Å². The molecule has 1 rings (SSSR count). The lowest BCUT2D eigenvalue weighted by atomic mass is 10.1. The summed E-state index contributed by atoms with van der Waals surface area (Å²) in [5, 5.41) is 11.9. The van der Waals surface area contributed by atoms with E-state index in [0.717, 1.165) is 11.3 Å². The van der Waals surface area contributed by atoms with Crippen molar-refractivity contribution in [2.45, 2.75) is 25.8 Å². The lowest BCUT2D eigenvalue weighted by molar-refractivity contribution is -0.141. The van der Waals surface area contributed by atoms with Crippen molar-refractivity contribution < 1.29 is 14.6 Å². The Morgan fingerprint density at radius 1 is 1.41 bits per heavy atom. The molecule has 1 aromatic rings. The minimum Gasteiger partial charge on any atom is -0.467 e. The molecule has 0 spiro atoms. The van der Waals surface area contributed by atoms with Crippen LogP contribution in [-0.4, -0.2) is 30.8 Å². The molecule has 0 amide bonds. The van der Waals surface area contributed by atoms with E-state index in [1.54, 1.807) is 0 Å². The van der Waals surface area contributed by atoms with E-state index in [0.29, 0.717) is 12.8 Å². The first-order valence-corrected chi connectivity index (χ1v) is 5.75. The summed E-state index contributed by atoms with van der Waals surface area (Å²) in [6, 6.07) is 7.35. The fraction of sp³-hybridized carbons (Fsp3) is 0.462. The van der Waals surface area contributed by atoms with Crippen molar-refractivity contribution in [3.8, 4) is 0 Å². The van der Waals surface area contributed by atoms with Crippen molar-refractivity contribution in [1.29, 1.82) is 0 Å². The first kappa shape index (κ1) is 13.5. The van der Waals surface area contributed by atoms with Crippen LogP contribution in [0.3, 0.4) is 0 Å². The highest BCUT2D eigenvalue weighted by molar-refractivity contribution is 5.79. The topological polar surface area (TPSA) is 58.6 Å². The fourth-order valence-corrected chi connectivity index (χ4v) is 1.57. The predicted molar refractivity (Wildman–Crippen MR) is 66.9 cm³/mol. The molecule has 1 atom stereocenters. The number of carbonyl (C=O) groups is 1. The van der Waals surface area contributed by atoms with Crippen LogP contribution in [0.15, 0.2) is 24.3 Å². The molecule has 0 bridgehead atoms. The van der Waals surface area contributed by atoms with Crippen LogP contribution in [-0.2, 0) is 16.0 Å². The van der Waals surface area contributed by atoms with E-state index in [4.69, 9.17) is 9.84 Å². The lowest BCUT2D eigenvalue weighted by Gasteiger charge is -2.15. The second kappa shape index (κ2) is 6.91. The summed E-state index contributed by atoms with van der Waals surface area (Å²) >= 11 is 0. The molecule has 0 aliphatic heterocycles. The second-order valence-corrected chi connectivity index (χ2v) is 3.80. The lowest BCUT2D eigenvalue weighted by Crippen LogP contribution is -2.29. The summed E-state index contributed by atoms with van der Waals surface area (Å²) in [6.07, 6.45) is 1.32. The average molecular weight is 237 g/mol. The van der Waals surface area contributed by atoms with Gasteiger partial charge in [-0.2, -0.15) is 0 Å². The zero-order chi connectivity index (χ0) is 12.7. The van der Waals surface area contributed by atoms with Gasteiger partial charge in [-0.15, -0.1) is 0 Å². The van der Waals surface area contributed by atoms with Crippen LogP contribution in [0.4, 0.5) is 5.69 Å². The number of hydrogen-bond donors (Lipinski definition) is 2. The molecule has 0 saturated carbocycles. The molecule has 0 saturated heterocycles. The molecule has 0 aliphatic carbocycles. The standard InChI is InChI=1S/C13H19NO3/c1-3-12(13(16)17-2)14-11-6-4-10(5-7-11)8-9-15/h4-7,12,14-15H,3,8-9H2,1-2H3. The maximum atomic E-state index is 11.4. The van der Waals surface area contributed by atoms with Gasteiger partial charge in [-0.05, 0) is 30.5 Å². The van der Waals surface area contributed by atoms with Crippen LogP contribution < -0.4 is 5.32 Å². The van der Waals surface area contributed by atoms with Gasteiger partial charge in [0, 0.05) is 12.3 Å². The highest BCUT2D eigenvalue weighted by Gasteiger charge is 2.15. The zero-order valence-electron chi connectivity index (χ0n) is 10.3. The number of aliphatic hydroxyl groups excluding tert-OH is 1. The molecule has 0 aromatic heterocycles. The van der Waals surface area contributed by atoms with Gasteiger partial charge in [0.2, 0.25) is 0 Å². The van der Waals surface area contributed by atoms with Gasteiger partial charge in [0.25, 0.3) is 0 Å². The van der Waals surface area contributed by atoms with Crippen LogP contribution in [0.1, 0.15) is 18.9 Å². The number of aliphatic hydroxyl groups is 1. The number of methoxy groups -OCH3 is 1. The van der Waals surface area contributed by atoms with Crippen molar-refractivity contribution in [2.24, 2.45) is 0 Å². The maximum absolute atomic E-state index is 11.4. The molecular formula is C13H19NO3. The first-order chi connectivity index (χ1) is 8.21. The van der Waals surface area contributed by atoms with E-state index in [1.165, 1.54) is 7.11 Å². The summed E-state index contributed by atoms with van der Waals surface area (Å²) in [6.45, 7) is 2.07. The van der Waals surface area contributed by atoms with Crippen molar-refractivity contribution in [3.05, 3.63) is 29.8 Å². The number of benzene rings is 1. The van der Waals surface area contributed by atoms with Gasteiger partial charge in [0.1, 0.15) is 6.04 Å². The summed E-state index contributed by atoms with van der Waals surface area (Å²) in [4.78, 5) is 11.4. The SMILES string of the molecule is CCC(Nc1ccc(CCO)cc1)C(=O)OC. The van der Waals surface area contributed by atoms with Gasteiger partial charge < -0.3 is 15.2 Å². The summed E-state index contributed by atoms with van der Waals surface area (Å²) < 4.78 is 4.70. The molecular weight excluding hydrogens is 218 g/mol. The Morgan fingerprint density at radius 3 is 2.53 bits per heavy atom. The Kier molecular flexibility index (Phi) is 5.49. The number of anilines is 1. The third-order valence-corrected chi connectivity index (χ3v) is 2.59. The van der Waals surface area contributed by atoms with Crippen molar-refractivity contribution in [2.75, 3.05) is 19.0 Å². The van der Waals surface area contributed by atoms with Gasteiger partial charge in [-0.1, -0.05) is 19.1 Å². The van der Waals surface area contributed by atoms with Crippen LogP contribution in [0.5, 0.6) is 0 Å². The monoisotopic (exact) mass is 237 g/mol. The molecule has 2 N–H and O–H groups in total. The minimum absolute atomic E-state index is 0.145. The van der Waals surface area contributed by atoms with E-state index in [-0.39, 0.29) is 18.6 Å². The Balaban J connectivity index is 2.64. The Morgan fingerprint density at radius 2 is 2.06 bits per heavy atom. The molecule has 1 aromatic carbocycles. The quantitative estimate of drug-likeness (QED) is 0.738. The van der Waals surface area contributed by atoms with E-state index in [2.05, 4.69) is 5.32 Å². The Hall–Kier alpha value is -1.55. The summed E-state index contributed by atoms with van der Waals surface area (Å²) in [5.41, 5.74) is 1.95. The first-order valence-electron chi connectivity index (χ1n) is 5.75. The predicted octanol–water partition coefficient (Wildman–Crippen LogP) is 1.58. The molecule has 4 heteroatoms. The number of rotatable bonds is 6. The summed E-state index contributed by atoms with van der Waals surface area (Å²) in [5.74, 6) is -0.257. The largest absolute Gasteiger partial charge is 0.467 e.